The van der Waals surface area contributed by atoms with Crippen molar-refractivity contribution in [2.24, 2.45) is 0 Å². The van der Waals surface area contributed by atoms with Gasteiger partial charge < -0.3 is 14.2 Å². The van der Waals surface area contributed by atoms with Crippen molar-refractivity contribution in [3.63, 3.8) is 0 Å². The number of esters is 1. The Kier molecular flexibility index (Phi) is 3.92. The van der Waals surface area contributed by atoms with Crippen LogP contribution in [0.1, 0.15) is 11.1 Å². The molecule has 0 fully saturated rings. The maximum Gasteiger partial charge on any atom is 0.351 e. The Morgan fingerprint density at radius 3 is 2.73 bits per heavy atom. The Balaban J connectivity index is 1.63. The van der Waals surface area contributed by atoms with E-state index in [1.54, 1.807) is 42.5 Å². The van der Waals surface area contributed by atoms with Crippen molar-refractivity contribution >= 4 is 5.97 Å². The van der Waals surface area contributed by atoms with Gasteiger partial charge in [-0.05, 0) is 18.2 Å². The normalized spacial score (nSPS) is 15.7. The van der Waals surface area contributed by atoms with Crippen molar-refractivity contribution in [2.75, 3.05) is 6.61 Å². The molecule has 0 saturated heterocycles. The van der Waals surface area contributed by atoms with E-state index in [0.29, 0.717) is 22.6 Å². The van der Waals surface area contributed by atoms with E-state index in [0.717, 1.165) is 0 Å². The third-order valence-electron chi connectivity index (χ3n) is 3.28. The van der Waals surface area contributed by atoms with E-state index >= 15 is 0 Å². The maximum absolute atomic E-state index is 12.1. The van der Waals surface area contributed by atoms with Crippen LogP contribution >= 0.6 is 0 Å². The molecule has 5 heteroatoms. The summed E-state index contributed by atoms with van der Waals surface area (Å²) >= 11 is 0. The first kappa shape index (κ1) is 14.0. The number of hydrogen-bond donors (Lipinski definition) is 0. The fourth-order valence-electron chi connectivity index (χ4n) is 2.13. The number of carbonyl (C=O) groups is 1. The minimum absolute atomic E-state index is 0.0318. The van der Waals surface area contributed by atoms with Crippen LogP contribution in [0.5, 0.6) is 11.5 Å². The summed E-state index contributed by atoms with van der Waals surface area (Å²) in [5, 5.41) is 9.01. The average Bonchev–Trinajstić information content (AvgIpc) is 2.59. The standard InChI is InChI=1S/C17H13NO4/c18-9-12-5-1-2-6-13(12)10-21-17(19)16-11-20-14-7-3-4-8-15(14)22-16/h1-8,16H,10-11H2/t16-/m0/s1. The van der Waals surface area contributed by atoms with Crippen LogP contribution in [0, 0.1) is 11.3 Å². The second kappa shape index (κ2) is 6.19. The molecule has 1 heterocycles. The third kappa shape index (κ3) is 2.86. The number of hydrogen-bond acceptors (Lipinski definition) is 5. The molecule has 2 aromatic rings. The molecular weight excluding hydrogens is 282 g/mol. The monoisotopic (exact) mass is 295 g/mol. The van der Waals surface area contributed by atoms with Crippen LogP contribution in [-0.4, -0.2) is 18.7 Å². The van der Waals surface area contributed by atoms with Crippen LogP contribution in [-0.2, 0) is 16.1 Å². The first-order chi connectivity index (χ1) is 10.8. The molecule has 0 unspecified atom stereocenters. The first-order valence-corrected chi connectivity index (χ1v) is 6.81. The summed E-state index contributed by atoms with van der Waals surface area (Å²) in [6.07, 6.45) is -0.802. The molecule has 0 radical (unpaired) electrons. The molecule has 0 aliphatic carbocycles. The summed E-state index contributed by atoms with van der Waals surface area (Å²) < 4.78 is 16.3. The zero-order valence-corrected chi connectivity index (χ0v) is 11.7. The van der Waals surface area contributed by atoms with E-state index in [-0.39, 0.29) is 13.2 Å². The summed E-state index contributed by atoms with van der Waals surface area (Å²) in [5.41, 5.74) is 1.15. The number of para-hydroxylation sites is 2. The number of rotatable bonds is 3. The molecule has 0 spiro atoms. The molecule has 1 aliphatic heterocycles. The summed E-state index contributed by atoms with van der Waals surface area (Å²) in [6, 6.07) is 16.2. The predicted molar refractivity (Wildman–Crippen MR) is 77.3 cm³/mol. The van der Waals surface area contributed by atoms with Gasteiger partial charge in [0.1, 0.15) is 13.2 Å². The summed E-state index contributed by atoms with van der Waals surface area (Å²) in [6.45, 7) is 0.139. The zero-order chi connectivity index (χ0) is 15.4. The predicted octanol–water partition coefficient (Wildman–Crippen LogP) is 2.44. The van der Waals surface area contributed by atoms with Crippen LogP contribution in [0.2, 0.25) is 0 Å². The Labute approximate surface area is 127 Å². The van der Waals surface area contributed by atoms with E-state index in [9.17, 15) is 4.79 Å². The van der Waals surface area contributed by atoms with E-state index in [1.807, 2.05) is 6.07 Å². The van der Waals surface area contributed by atoms with Crippen LogP contribution < -0.4 is 9.47 Å². The number of nitrogens with zero attached hydrogens (tertiary/aromatic N) is 1. The molecule has 1 atom stereocenters. The summed E-state index contributed by atoms with van der Waals surface area (Å²) in [5.74, 6) is 0.622. The number of fused-ring (bicyclic) bond motifs is 1. The Bertz CT molecular complexity index is 735. The minimum atomic E-state index is -0.802. The highest BCUT2D eigenvalue weighted by Gasteiger charge is 2.28. The number of nitriles is 1. The van der Waals surface area contributed by atoms with Crippen molar-refractivity contribution < 1.29 is 19.0 Å². The van der Waals surface area contributed by atoms with Crippen molar-refractivity contribution in [3.05, 3.63) is 59.7 Å². The molecule has 5 nitrogen and oxygen atoms in total. The molecule has 22 heavy (non-hydrogen) atoms. The quantitative estimate of drug-likeness (QED) is 0.813. The second-order valence-electron chi connectivity index (χ2n) is 4.74. The lowest BCUT2D eigenvalue weighted by Gasteiger charge is -2.24. The van der Waals surface area contributed by atoms with Gasteiger partial charge in [0, 0.05) is 5.56 Å². The molecule has 110 valence electrons. The summed E-state index contributed by atoms with van der Waals surface area (Å²) in [7, 11) is 0. The fourth-order valence-corrected chi connectivity index (χ4v) is 2.13. The molecule has 0 amide bonds. The topological polar surface area (TPSA) is 68.5 Å². The second-order valence-corrected chi connectivity index (χ2v) is 4.74. The molecule has 0 saturated carbocycles. The van der Waals surface area contributed by atoms with Gasteiger partial charge in [0.2, 0.25) is 6.10 Å². The highest BCUT2D eigenvalue weighted by atomic mass is 16.6. The van der Waals surface area contributed by atoms with Crippen molar-refractivity contribution in [3.8, 4) is 17.6 Å². The number of carbonyl (C=O) groups excluding carboxylic acids is 1. The highest BCUT2D eigenvalue weighted by Crippen LogP contribution is 2.31. The molecule has 0 aromatic heterocycles. The molecule has 2 aromatic carbocycles. The van der Waals surface area contributed by atoms with E-state index < -0.39 is 12.1 Å². The van der Waals surface area contributed by atoms with Gasteiger partial charge in [-0.2, -0.15) is 5.26 Å². The lowest BCUT2D eigenvalue weighted by atomic mass is 10.1. The van der Waals surface area contributed by atoms with Gasteiger partial charge >= 0.3 is 5.97 Å². The van der Waals surface area contributed by atoms with Crippen LogP contribution in [0.15, 0.2) is 48.5 Å². The van der Waals surface area contributed by atoms with Crippen LogP contribution in [0.3, 0.4) is 0 Å². The van der Waals surface area contributed by atoms with Crippen LogP contribution in [0.4, 0.5) is 0 Å². The molecule has 0 N–H and O–H groups in total. The lowest BCUT2D eigenvalue weighted by Crippen LogP contribution is -2.37. The first-order valence-electron chi connectivity index (χ1n) is 6.81. The van der Waals surface area contributed by atoms with Crippen molar-refractivity contribution in [2.45, 2.75) is 12.7 Å². The van der Waals surface area contributed by atoms with E-state index in [4.69, 9.17) is 19.5 Å². The van der Waals surface area contributed by atoms with Gasteiger partial charge in [0.15, 0.2) is 11.5 Å². The van der Waals surface area contributed by atoms with Gasteiger partial charge in [-0.15, -0.1) is 0 Å². The Morgan fingerprint density at radius 2 is 1.91 bits per heavy atom. The highest BCUT2D eigenvalue weighted by molar-refractivity contribution is 5.76. The molecule has 3 rings (SSSR count). The summed E-state index contributed by atoms with van der Waals surface area (Å²) in [4.78, 5) is 12.1. The van der Waals surface area contributed by atoms with Gasteiger partial charge in [-0.1, -0.05) is 30.3 Å². The fraction of sp³-hybridized carbons (Fsp3) is 0.176. The van der Waals surface area contributed by atoms with Gasteiger partial charge in [0.05, 0.1) is 11.6 Å². The zero-order valence-electron chi connectivity index (χ0n) is 11.7. The Morgan fingerprint density at radius 1 is 1.18 bits per heavy atom. The van der Waals surface area contributed by atoms with E-state index in [1.165, 1.54) is 0 Å². The van der Waals surface area contributed by atoms with Gasteiger partial charge in [-0.25, -0.2) is 4.79 Å². The third-order valence-corrected chi connectivity index (χ3v) is 3.28. The maximum atomic E-state index is 12.1. The largest absolute Gasteiger partial charge is 0.485 e. The smallest absolute Gasteiger partial charge is 0.351 e. The van der Waals surface area contributed by atoms with Crippen molar-refractivity contribution in [1.82, 2.24) is 0 Å². The minimum Gasteiger partial charge on any atom is -0.485 e. The SMILES string of the molecule is N#Cc1ccccc1COC(=O)[C@@H]1COc2ccccc2O1. The molecule has 0 bridgehead atoms. The van der Waals surface area contributed by atoms with Gasteiger partial charge in [-0.3, -0.25) is 0 Å². The molecule has 1 aliphatic rings. The van der Waals surface area contributed by atoms with Gasteiger partial charge in [0.25, 0.3) is 0 Å². The molecular formula is C17H13NO4. The lowest BCUT2D eigenvalue weighted by molar-refractivity contribution is -0.155. The van der Waals surface area contributed by atoms with Crippen LogP contribution in [0.25, 0.3) is 0 Å². The Hall–Kier alpha value is -3.00. The number of ether oxygens (including phenoxy) is 3. The van der Waals surface area contributed by atoms with Crippen molar-refractivity contribution in [1.29, 1.82) is 5.26 Å². The average molecular weight is 295 g/mol. The number of benzene rings is 2. The van der Waals surface area contributed by atoms with E-state index in [2.05, 4.69) is 6.07 Å².